The lowest BCUT2D eigenvalue weighted by molar-refractivity contribution is -0.390. The minimum absolute atomic E-state index is 0.0682. The number of carbonyl (C=O) groups is 2. The van der Waals surface area contributed by atoms with Gasteiger partial charge in [0.1, 0.15) is 61.0 Å². The van der Waals surface area contributed by atoms with Crippen molar-refractivity contribution in [2.24, 2.45) is 0 Å². The van der Waals surface area contributed by atoms with Crippen molar-refractivity contribution in [1.29, 1.82) is 0 Å². The van der Waals surface area contributed by atoms with Crippen LogP contribution in [0.1, 0.15) is 59.7 Å². The van der Waals surface area contributed by atoms with Crippen molar-refractivity contribution in [3.63, 3.8) is 0 Å². The fraction of sp³-hybridized carbons (Fsp3) is 0.378. The molecule has 3 heterocycles. The Morgan fingerprint density at radius 3 is 1.15 bits per heavy atom. The summed E-state index contributed by atoms with van der Waals surface area (Å²) < 4.78 is 97.3. The van der Waals surface area contributed by atoms with E-state index in [9.17, 15) is 9.59 Å². The van der Waals surface area contributed by atoms with Gasteiger partial charge in [0.2, 0.25) is 5.91 Å². The predicted molar refractivity (Wildman–Crippen MR) is 338 cm³/mol. The van der Waals surface area contributed by atoms with Crippen LogP contribution < -0.4 is 5.32 Å². The van der Waals surface area contributed by atoms with E-state index in [1.54, 1.807) is 6.08 Å². The van der Waals surface area contributed by atoms with Crippen LogP contribution in [0.2, 0.25) is 0 Å². The molecule has 0 aliphatic carbocycles. The van der Waals surface area contributed by atoms with Crippen molar-refractivity contribution in [3.05, 3.63) is 264 Å². The first-order valence-corrected chi connectivity index (χ1v) is 31.1. The van der Waals surface area contributed by atoms with Crippen LogP contribution in [0.5, 0.6) is 0 Å². The number of nitrogens with one attached hydrogen (secondary N) is 1. The molecular formula is C74H83NO16. The van der Waals surface area contributed by atoms with Crippen LogP contribution in [0, 0.1) is 0 Å². The van der Waals surface area contributed by atoms with Crippen LogP contribution in [-0.2, 0) is 122 Å². The predicted octanol–water partition coefficient (Wildman–Crippen LogP) is 11.0. The van der Waals surface area contributed by atoms with Crippen LogP contribution in [0.3, 0.4) is 0 Å². The third-order valence-corrected chi connectivity index (χ3v) is 15.8. The zero-order chi connectivity index (χ0) is 63.0. The van der Waals surface area contributed by atoms with E-state index in [1.807, 2.05) is 219 Å². The third-order valence-electron chi connectivity index (χ3n) is 15.8. The average molecular weight is 1240 g/mol. The second-order valence-electron chi connectivity index (χ2n) is 22.7. The molecule has 0 radical (unpaired) electrons. The molecule has 10 rings (SSSR count). The first-order valence-electron chi connectivity index (χ1n) is 31.1. The van der Waals surface area contributed by atoms with Crippen molar-refractivity contribution in [2.75, 3.05) is 19.8 Å². The SMILES string of the molecule is C=CCO[C@@H]1O[C@@H](C)[C@H](OCc2ccccc2)[C@@H](OCc2ccccc2)[C@H]1O[C@H]1O[C@H](COCc2ccccc2)[C@@H](O[C@@H]2O[C@H](COCc3ccccc3)[C@@H](OC(C)=O)[C@H](OCc3ccccc3)[C@@H]2NC(C)=O)[C@H](OCc2ccccc2)[C@H]1OCc1ccccc1. The number of carbonyl (C=O) groups excluding carboxylic acids is 2. The zero-order valence-electron chi connectivity index (χ0n) is 51.8. The van der Waals surface area contributed by atoms with Crippen LogP contribution in [0.4, 0.5) is 0 Å². The maximum Gasteiger partial charge on any atom is 0.303 e. The monoisotopic (exact) mass is 1240 g/mol. The van der Waals surface area contributed by atoms with E-state index in [2.05, 4.69) is 11.9 Å². The molecule has 7 aromatic rings. The Balaban J connectivity index is 1.08. The average Bonchev–Trinajstić information content (AvgIpc) is 0.867. The standard InChI is InChI=1S/C74H83NO16/c1-5-41-80-73-71(68(83-46-58-35-21-10-22-36-58)64(51(2)86-73)81-44-56-31-17-8-18-32-56)91-74-70(85-48-60-39-25-12-26-40-60)69(84-47-59-37-23-11-24-38-59)66(62(89-74)50-79-43-55-29-15-7-16-30-55)90-72-63(75-52(3)76)67(82-45-57-33-19-9-20-34-57)65(87-53(4)77)61(88-72)49-78-42-54-27-13-6-14-28-54/h5-40,51,61-74H,1,41-50H2,2-4H3,(H,75,76)/t51-,61+,62+,63-,64-,65+,66+,67+,68+,69-,70+,71+,72-,73+,74+/m0/s1. The lowest BCUT2D eigenvalue weighted by atomic mass is 9.94. The molecule has 7 aromatic carbocycles. The Labute approximate surface area is 533 Å². The number of amides is 1. The number of hydrogen-bond donors (Lipinski definition) is 1. The van der Waals surface area contributed by atoms with Crippen molar-refractivity contribution in [1.82, 2.24) is 5.32 Å². The molecule has 91 heavy (non-hydrogen) atoms. The van der Waals surface area contributed by atoms with Gasteiger partial charge in [0.15, 0.2) is 25.0 Å². The molecule has 15 atom stereocenters. The lowest BCUT2D eigenvalue weighted by Crippen LogP contribution is -2.69. The summed E-state index contributed by atoms with van der Waals surface area (Å²) in [6.07, 6.45) is -12.9. The Morgan fingerprint density at radius 2 is 0.747 bits per heavy atom. The summed E-state index contributed by atoms with van der Waals surface area (Å²) in [7, 11) is 0. The van der Waals surface area contributed by atoms with Crippen LogP contribution in [-0.4, -0.2) is 124 Å². The van der Waals surface area contributed by atoms with Crippen LogP contribution in [0.15, 0.2) is 225 Å². The summed E-state index contributed by atoms with van der Waals surface area (Å²) in [5, 5.41) is 3.09. The van der Waals surface area contributed by atoms with Gasteiger partial charge in [-0.05, 0) is 45.9 Å². The van der Waals surface area contributed by atoms with Gasteiger partial charge in [-0.3, -0.25) is 9.59 Å². The van der Waals surface area contributed by atoms with Crippen molar-refractivity contribution < 1.29 is 75.9 Å². The Hall–Kier alpha value is -7.30. The number of esters is 1. The van der Waals surface area contributed by atoms with Crippen molar-refractivity contribution in [2.45, 2.75) is 159 Å². The molecule has 0 unspecified atom stereocenters. The molecule has 0 saturated carbocycles. The molecule has 3 aliphatic rings. The molecular weight excluding hydrogens is 1160 g/mol. The quantitative estimate of drug-likeness (QED) is 0.0311. The summed E-state index contributed by atoms with van der Waals surface area (Å²) in [5.74, 6) is -1.02. The van der Waals surface area contributed by atoms with Crippen LogP contribution >= 0.6 is 0 Å². The highest BCUT2D eigenvalue weighted by atomic mass is 16.8. The second kappa shape index (κ2) is 34.9. The van der Waals surface area contributed by atoms with E-state index in [4.69, 9.17) is 66.3 Å². The molecule has 0 bridgehead atoms. The smallest absolute Gasteiger partial charge is 0.303 e. The van der Waals surface area contributed by atoms with Gasteiger partial charge in [0.25, 0.3) is 0 Å². The lowest BCUT2D eigenvalue weighted by Gasteiger charge is -2.51. The third kappa shape index (κ3) is 19.6. The molecule has 1 N–H and O–H groups in total. The molecule has 17 heteroatoms. The van der Waals surface area contributed by atoms with Gasteiger partial charge in [-0.1, -0.05) is 218 Å². The summed E-state index contributed by atoms with van der Waals surface area (Å²) >= 11 is 0. The molecule has 0 aromatic heterocycles. The number of hydrogen-bond acceptors (Lipinski definition) is 16. The van der Waals surface area contributed by atoms with Gasteiger partial charge in [-0.2, -0.15) is 0 Å². The van der Waals surface area contributed by atoms with Gasteiger partial charge >= 0.3 is 5.97 Å². The highest BCUT2D eigenvalue weighted by Gasteiger charge is 2.57. The van der Waals surface area contributed by atoms with Gasteiger partial charge in [0, 0.05) is 13.8 Å². The highest BCUT2D eigenvalue weighted by Crippen LogP contribution is 2.39. The fourth-order valence-electron chi connectivity index (χ4n) is 11.4. The van der Waals surface area contributed by atoms with Crippen molar-refractivity contribution >= 4 is 11.9 Å². The second-order valence-corrected chi connectivity index (χ2v) is 22.7. The normalized spacial score (nSPS) is 26.5. The number of benzene rings is 7. The van der Waals surface area contributed by atoms with Gasteiger partial charge in [-0.25, -0.2) is 0 Å². The molecule has 480 valence electrons. The maximum atomic E-state index is 13.7. The Morgan fingerprint density at radius 1 is 0.396 bits per heavy atom. The molecule has 3 aliphatic heterocycles. The van der Waals surface area contributed by atoms with E-state index in [-0.39, 0.29) is 66.1 Å². The van der Waals surface area contributed by atoms with E-state index < -0.39 is 104 Å². The van der Waals surface area contributed by atoms with Gasteiger partial charge in [-0.15, -0.1) is 6.58 Å². The minimum Gasteiger partial charge on any atom is -0.457 e. The first kappa shape index (κ1) is 66.6. The number of rotatable bonds is 32. The van der Waals surface area contributed by atoms with Crippen LogP contribution in [0.25, 0.3) is 0 Å². The summed E-state index contributed by atoms with van der Waals surface area (Å²) in [4.78, 5) is 27.0. The summed E-state index contributed by atoms with van der Waals surface area (Å²) in [6.45, 7) is 9.60. The summed E-state index contributed by atoms with van der Waals surface area (Å²) in [5.41, 5.74) is 6.24. The minimum atomic E-state index is -1.37. The topological polar surface area (TPSA) is 175 Å². The number of ether oxygens (including phenoxy) is 14. The van der Waals surface area contributed by atoms with Gasteiger partial charge < -0.3 is 71.6 Å². The Kier molecular flexibility index (Phi) is 25.6. The zero-order valence-corrected chi connectivity index (χ0v) is 51.8. The highest BCUT2D eigenvalue weighted by molar-refractivity contribution is 5.73. The fourth-order valence-corrected chi connectivity index (χ4v) is 11.4. The van der Waals surface area contributed by atoms with Crippen molar-refractivity contribution in [3.8, 4) is 0 Å². The van der Waals surface area contributed by atoms with E-state index in [0.29, 0.717) is 0 Å². The largest absolute Gasteiger partial charge is 0.457 e. The molecule has 17 nitrogen and oxygen atoms in total. The Bertz CT molecular complexity index is 3210. The molecule has 3 saturated heterocycles. The van der Waals surface area contributed by atoms with E-state index >= 15 is 0 Å². The maximum absolute atomic E-state index is 13.7. The first-order chi connectivity index (χ1) is 44.6. The molecule has 0 spiro atoms. The van der Waals surface area contributed by atoms with E-state index in [0.717, 1.165) is 38.9 Å². The van der Waals surface area contributed by atoms with Gasteiger partial charge in [0.05, 0.1) is 72.2 Å². The molecule has 3 fully saturated rings. The van der Waals surface area contributed by atoms with E-state index in [1.165, 1.54) is 13.8 Å². The summed E-state index contributed by atoms with van der Waals surface area (Å²) in [6, 6.07) is 67.2. The molecule has 1 amide bonds.